The summed E-state index contributed by atoms with van der Waals surface area (Å²) in [6.07, 6.45) is 0. The maximum Gasteiger partial charge on any atom is 0.142 e. The molecular formula is C25H28N2O2. The molecule has 0 N–H and O–H groups in total. The van der Waals surface area contributed by atoms with E-state index >= 15 is 0 Å². The predicted octanol–water partition coefficient (Wildman–Crippen LogP) is 4.69. The van der Waals surface area contributed by atoms with E-state index in [0.29, 0.717) is 0 Å². The summed E-state index contributed by atoms with van der Waals surface area (Å²) in [5.41, 5.74) is 4.86. The average Bonchev–Trinajstić information content (AvgIpc) is 2.80. The first kappa shape index (κ1) is 19.3. The van der Waals surface area contributed by atoms with Crippen molar-refractivity contribution in [1.82, 2.24) is 4.90 Å². The van der Waals surface area contributed by atoms with E-state index in [1.807, 2.05) is 24.3 Å². The van der Waals surface area contributed by atoms with Gasteiger partial charge in [-0.05, 0) is 35.4 Å². The highest BCUT2D eigenvalue weighted by molar-refractivity contribution is 5.70. The summed E-state index contributed by atoms with van der Waals surface area (Å²) in [7, 11) is 3.47. The Hall–Kier alpha value is -2.98. The molecule has 0 atom stereocenters. The van der Waals surface area contributed by atoms with Crippen LogP contribution in [-0.4, -0.2) is 45.3 Å². The molecule has 0 unspecified atom stereocenters. The van der Waals surface area contributed by atoms with E-state index in [0.717, 1.165) is 49.8 Å². The number of benzene rings is 3. The van der Waals surface area contributed by atoms with Crippen LogP contribution in [0.5, 0.6) is 11.5 Å². The van der Waals surface area contributed by atoms with Gasteiger partial charge in [-0.1, -0.05) is 48.5 Å². The third-order valence-corrected chi connectivity index (χ3v) is 5.55. The van der Waals surface area contributed by atoms with Crippen LogP contribution in [0.25, 0.3) is 11.1 Å². The van der Waals surface area contributed by atoms with Gasteiger partial charge in [-0.25, -0.2) is 0 Å². The smallest absolute Gasteiger partial charge is 0.142 e. The summed E-state index contributed by atoms with van der Waals surface area (Å²) in [4.78, 5) is 4.94. The molecule has 0 radical (unpaired) electrons. The molecule has 29 heavy (non-hydrogen) atoms. The molecule has 1 aliphatic rings. The van der Waals surface area contributed by atoms with Crippen molar-refractivity contribution >= 4 is 5.69 Å². The molecule has 0 aromatic heterocycles. The number of rotatable bonds is 6. The molecule has 0 aliphatic carbocycles. The van der Waals surface area contributed by atoms with Crippen molar-refractivity contribution < 1.29 is 9.47 Å². The van der Waals surface area contributed by atoms with Gasteiger partial charge < -0.3 is 14.4 Å². The lowest BCUT2D eigenvalue weighted by Crippen LogP contribution is -2.46. The highest BCUT2D eigenvalue weighted by Gasteiger charge is 2.19. The van der Waals surface area contributed by atoms with Gasteiger partial charge in [0.25, 0.3) is 0 Å². The molecule has 1 saturated heterocycles. The summed E-state index contributed by atoms with van der Waals surface area (Å²) < 4.78 is 11.1. The van der Waals surface area contributed by atoms with Crippen LogP contribution in [0.4, 0.5) is 5.69 Å². The number of para-hydroxylation sites is 3. The quantitative estimate of drug-likeness (QED) is 0.611. The van der Waals surface area contributed by atoms with Crippen LogP contribution < -0.4 is 14.4 Å². The first-order chi connectivity index (χ1) is 14.3. The van der Waals surface area contributed by atoms with Gasteiger partial charge >= 0.3 is 0 Å². The van der Waals surface area contributed by atoms with Gasteiger partial charge in [0.05, 0.1) is 19.9 Å². The summed E-state index contributed by atoms with van der Waals surface area (Å²) in [5, 5.41) is 0. The molecule has 3 aromatic carbocycles. The Labute approximate surface area is 173 Å². The molecule has 1 aliphatic heterocycles. The van der Waals surface area contributed by atoms with Crippen LogP contribution >= 0.6 is 0 Å². The number of piperazine rings is 1. The van der Waals surface area contributed by atoms with Gasteiger partial charge in [-0.15, -0.1) is 0 Å². The molecule has 4 nitrogen and oxygen atoms in total. The van der Waals surface area contributed by atoms with Crippen LogP contribution in [0.3, 0.4) is 0 Å². The van der Waals surface area contributed by atoms with E-state index in [9.17, 15) is 0 Å². The van der Waals surface area contributed by atoms with E-state index < -0.39 is 0 Å². The number of methoxy groups -OCH3 is 2. The molecule has 4 heteroatoms. The summed E-state index contributed by atoms with van der Waals surface area (Å²) in [6, 6.07) is 25.3. The summed E-state index contributed by atoms with van der Waals surface area (Å²) in [6.45, 7) is 5.05. The van der Waals surface area contributed by atoms with Gasteiger partial charge in [0.2, 0.25) is 0 Å². The highest BCUT2D eigenvalue weighted by Crippen LogP contribution is 2.31. The van der Waals surface area contributed by atoms with Crippen molar-refractivity contribution in [2.24, 2.45) is 0 Å². The molecule has 0 saturated carbocycles. The molecule has 0 spiro atoms. The molecule has 0 amide bonds. The van der Waals surface area contributed by atoms with Crippen LogP contribution in [-0.2, 0) is 6.54 Å². The molecule has 0 bridgehead atoms. The Morgan fingerprint density at radius 2 is 1.41 bits per heavy atom. The number of nitrogens with zero attached hydrogens (tertiary/aromatic N) is 2. The molecule has 3 aromatic rings. The lowest BCUT2D eigenvalue weighted by Gasteiger charge is -2.36. The molecular weight excluding hydrogens is 360 g/mol. The van der Waals surface area contributed by atoms with E-state index in [-0.39, 0.29) is 0 Å². The average molecular weight is 389 g/mol. The SMILES string of the molecule is COc1ccccc1-c1cccc(CN2CCN(c3ccccc3OC)CC2)c1. The van der Waals surface area contributed by atoms with E-state index in [2.05, 4.69) is 58.3 Å². The number of hydrogen-bond acceptors (Lipinski definition) is 4. The van der Waals surface area contributed by atoms with Gasteiger partial charge in [0, 0.05) is 38.3 Å². The molecule has 4 rings (SSSR count). The minimum Gasteiger partial charge on any atom is -0.496 e. The predicted molar refractivity (Wildman–Crippen MR) is 119 cm³/mol. The largest absolute Gasteiger partial charge is 0.496 e. The fourth-order valence-corrected chi connectivity index (χ4v) is 4.02. The monoisotopic (exact) mass is 388 g/mol. The van der Waals surface area contributed by atoms with Crippen molar-refractivity contribution in [2.45, 2.75) is 6.54 Å². The zero-order chi connectivity index (χ0) is 20.1. The van der Waals surface area contributed by atoms with E-state index in [4.69, 9.17) is 9.47 Å². The minimum atomic E-state index is 0.912. The Bertz CT molecular complexity index is 949. The fraction of sp³-hybridized carbons (Fsp3) is 0.280. The van der Waals surface area contributed by atoms with Crippen LogP contribution in [0.2, 0.25) is 0 Å². The zero-order valence-corrected chi connectivity index (χ0v) is 17.2. The molecule has 1 fully saturated rings. The highest BCUT2D eigenvalue weighted by atomic mass is 16.5. The van der Waals surface area contributed by atoms with E-state index in [1.165, 1.54) is 16.8 Å². The van der Waals surface area contributed by atoms with Crippen molar-refractivity contribution in [3.05, 3.63) is 78.4 Å². The van der Waals surface area contributed by atoms with Gasteiger partial charge in [0.1, 0.15) is 11.5 Å². The number of anilines is 1. The first-order valence-corrected chi connectivity index (χ1v) is 10.1. The second-order valence-electron chi connectivity index (χ2n) is 7.34. The Balaban J connectivity index is 1.42. The van der Waals surface area contributed by atoms with Crippen LogP contribution in [0.15, 0.2) is 72.8 Å². The third-order valence-electron chi connectivity index (χ3n) is 5.55. The Kier molecular flexibility index (Phi) is 6.01. The van der Waals surface area contributed by atoms with Crippen molar-refractivity contribution in [3.8, 4) is 22.6 Å². The second kappa shape index (κ2) is 9.01. The Morgan fingerprint density at radius 3 is 2.17 bits per heavy atom. The maximum absolute atomic E-state index is 5.54. The maximum atomic E-state index is 5.54. The summed E-state index contributed by atoms with van der Waals surface area (Å²) in [5.74, 6) is 1.86. The number of hydrogen-bond donors (Lipinski definition) is 0. The van der Waals surface area contributed by atoms with Crippen LogP contribution in [0, 0.1) is 0 Å². The lowest BCUT2D eigenvalue weighted by atomic mass is 10.0. The zero-order valence-electron chi connectivity index (χ0n) is 17.2. The van der Waals surface area contributed by atoms with Crippen molar-refractivity contribution in [1.29, 1.82) is 0 Å². The molecule has 1 heterocycles. The topological polar surface area (TPSA) is 24.9 Å². The fourth-order valence-electron chi connectivity index (χ4n) is 4.02. The van der Waals surface area contributed by atoms with Gasteiger partial charge in [-0.3, -0.25) is 4.90 Å². The molecule has 150 valence electrons. The summed E-state index contributed by atoms with van der Waals surface area (Å²) >= 11 is 0. The first-order valence-electron chi connectivity index (χ1n) is 10.1. The third kappa shape index (κ3) is 4.38. The minimum absolute atomic E-state index is 0.912. The van der Waals surface area contributed by atoms with E-state index in [1.54, 1.807) is 14.2 Å². The van der Waals surface area contributed by atoms with Crippen LogP contribution in [0.1, 0.15) is 5.56 Å². The van der Waals surface area contributed by atoms with Crippen molar-refractivity contribution in [3.63, 3.8) is 0 Å². The van der Waals surface area contributed by atoms with Crippen molar-refractivity contribution in [2.75, 3.05) is 45.3 Å². The normalized spacial score (nSPS) is 14.6. The Morgan fingerprint density at radius 1 is 0.724 bits per heavy atom. The second-order valence-corrected chi connectivity index (χ2v) is 7.34. The standard InChI is InChI=1S/C25H28N2O2/c1-28-24-12-5-3-10-22(24)21-9-7-8-20(18-21)19-26-14-16-27(17-15-26)23-11-4-6-13-25(23)29-2/h3-13,18H,14-17,19H2,1-2H3. The van der Waals surface area contributed by atoms with Gasteiger partial charge in [-0.2, -0.15) is 0 Å². The van der Waals surface area contributed by atoms with Gasteiger partial charge in [0.15, 0.2) is 0 Å². The number of ether oxygens (including phenoxy) is 2. The lowest BCUT2D eigenvalue weighted by molar-refractivity contribution is 0.249.